The van der Waals surface area contributed by atoms with Crippen molar-refractivity contribution in [2.75, 3.05) is 11.9 Å². The Morgan fingerprint density at radius 1 is 1.26 bits per heavy atom. The first kappa shape index (κ1) is 14.3. The van der Waals surface area contributed by atoms with Crippen LogP contribution in [0.1, 0.15) is 18.1 Å². The van der Waals surface area contributed by atoms with Gasteiger partial charge in [-0.1, -0.05) is 52.7 Å². The molecule has 0 unspecified atom stereocenters. The summed E-state index contributed by atoms with van der Waals surface area (Å²) in [6, 6.07) is 8.17. The molecule has 0 fully saturated rings. The molecule has 0 spiro atoms. The van der Waals surface area contributed by atoms with Crippen LogP contribution in [0.5, 0.6) is 0 Å². The van der Waals surface area contributed by atoms with E-state index in [9.17, 15) is 0 Å². The van der Waals surface area contributed by atoms with Gasteiger partial charge in [0, 0.05) is 23.6 Å². The summed E-state index contributed by atoms with van der Waals surface area (Å²) in [6.45, 7) is 2.82. The molecule has 0 N–H and O–H groups in total. The van der Waals surface area contributed by atoms with Crippen molar-refractivity contribution in [2.45, 2.75) is 19.9 Å². The summed E-state index contributed by atoms with van der Waals surface area (Å²) < 4.78 is 1.10. The van der Waals surface area contributed by atoms with E-state index >= 15 is 0 Å². The Morgan fingerprint density at radius 2 is 2.00 bits per heavy atom. The van der Waals surface area contributed by atoms with Gasteiger partial charge >= 0.3 is 0 Å². The van der Waals surface area contributed by atoms with Crippen LogP contribution in [0.25, 0.3) is 0 Å². The summed E-state index contributed by atoms with van der Waals surface area (Å²) in [6.07, 6.45) is 2.32. The molecular formula is C14H15BrClN3. The van der Waals surface area contributed by atoms with Crippen molar-refractivity contribution in [1.82, 2.24) is 9.97 Å². The van der Waals surface area contributed by atoms with Crippen molar-refractivity contribution < 1.29 is 0 Å². The maximum atomic E-state index is 6.12. The van der Waals surface area contributed by atoms with Crippen molar-refractivity contribution in [3.8, 4) is 0 Å². The van der Waals surface area contributed by atoms with Crippen LogP contribution in [0.3, 0.4) is 0 Å². The summed E-state index contributed by atoms with van der Waals surface area (Å²) in [5, 5.41) is 0.534. The van der Waals surface area contributed by atoms with Gasteiger partial charge in [0.15, 0.2) is 0 Å². The van der Waals surface area contributed by atoms with E-state index in [4.69, 9.17) is 11.6 Å². The van der Waals surface area contributed by atoms with Crippen LogP contribution in [0.4, 0.5) is 5.82 Å². The minimum absolute atomic E-state index is 0.534. The summed E-state index contributed by atoms with van der Waals surface area (Å²) in [5.41, 5.74) is 2.19. The Labute approximate surface area is 126 Å². The largest absolute Gasteiger partial charge is 0.355 e. The maximum absolute atomic E-state index is 6.12. The fourth-order valence-corrected chi connectivity index (χ4v) is 2.64. The molecule has 0 aliphatic heterocycles. The third-order valence-corrected chi connectivity index (χ3v) is 4.05. The summed E-state index contributed by atoms with van der Waals surface area (Å²) >= 11 is 9.68. The minimum atomic E-state index is 0.534. The number of rotatable bonds is 4. The number of benzene rings is 1. The molecule has 0 amide bonds. The molecule has 1 heterocycles. The Hall–Kier alpha value is -1.13. The predicted molar refractivity (Wildman–Crippen MR) is 82.7 cm³/mol. The summed E-state index contributed by atoms with van der Waals surface area (Å²) in [5.74, 6) is 0.887. The second kappa shape index (κ2) is 6.35. The SMILES string of the molecule is CCc1c(Cl)ncnc1N(C)Cc1ccccc1Br. The first-order chi connectivity index (χ1) is 9.13. The molecule has 0 radical (unpaired) electrons. The Bertz CT molecular complexity index is 574. The van der Waals surface area contributed by atoms with Gasteiger partial charge in [0.2, 0.25) is 0 Å². The fourth-order valence-electron chi connectivity index (χ4n) is 1.97. The number of hydrogen-bond acceptors (Lipinski definition) is 3. The van der Waals surface area contributed by atoms with Crippen molar-refractivity contribution in [2.24, 2.45) is 0 Å². The molecule has 3 nitrogen and oxygen atoms in total. The van der Waals surface area contributed by atoms with Crippen molar-refractivity contribution in [1.29, 1.82) is 0 Å². The van der Waals surface area contributed by atoms with Crippen molar-refractivity contribution in [3.63, 3.8) is 0 Å². The summed E-state index contributed by atoms with van der Waals surface area (Å²) in [7, 11) is 2.01. The molecule has 0 bridgehead atoms. The van der Waals surface area contributed by atoms with Gasteiger partial charge < -0.3 is 4.90 Å². The minimum Gasteiger partial charge on any atom is -0.355 e. The second-order valence-corrected chi connectivity index (χ2v) is 5.48. The lowest BCUT2D eigenvalue weighted by atomic mass is 10.2. The lowest BCUT2D eigenvalue weighted by molar-refractivity contribution is 0.867. The third-order valence-electron chi connectivity index (χ3n) is 2.95. The molecule has 2 aromatic rings. The molecule has 100 valence electrons. The van der Waals surface area contributed by atoms with Gasteiger partial charge in [-0.3, -0.25) is 0 Å². The van der Waals surface area contributed by atoms with Gasteiger partial charge in [-0.05, 0) is 18.1 Å². The maximum Gasteiger partial charge on any atom is 0.137 e. The highest BCUT2D eigenvalue weighted by Gasteiger charge is 2.13. The van der Waals surface area contributed by atoms with E-state index in [1.165, 1.54) is 11.9 Å². The lowest BCUT2D eigenvalue weighted by Crippen LogP contribution is -2.20. The van der Waals surface area contributed by atoms with E-state index < -0.39 is 0 Å². The molecule has 2 rings (SSSR count). The highest BCUT2D eigenvalue weighted by Crippen LogP contribution is 2.25. The van der Waals surface area contributed by atoms with Crippen molar-refractivity contribution in [3.05, 3.63) is 51.3 Å². The number of nitrogens with zero attached hydrogens (tertiary/aromatic N) is 3. The first-order valence-corrected chi connectivity index (χ1v) is 7.24. The number of aromatic nitrogens is 2. The average molecular weight is 341 g/mol. The normalized spacial score (nSPS) is 10.5. The topological polar surface area (TPSA) is 29.0 Å². The van der Waals surface area contributed by atoms with E-state index in [2.05, 4.69) is 43.8 Å². The van der Waals surface area contributed by atoms with Gasteiger partial charge in [-0.2, -0.15) is 0 Å². The molecule has 5 heteroatoms. The van der Waals surface area contributed by atoms with E-state index in [0.717, 1.165) is 28.8 Å². The number of hydrogen-bond donors (Lipinski definition) is 0. The smallest absolute Gasteiger partial charge is 0.137 e. The van der Waals surface area contributed by atoms with E-state index in [-0.39, 0.29) is 0 Å². The van der Waals surface area contributed by atoms with Gasteiger partial charge in [0.1, 0.15) is 17.3 Å². The average Bonchev–Trinajstić information content (AvgIpc) is 2.41. The predicted octanol–water partition coefficient (Wildman–Crippen LogP) is 4.09. The van der Waals surface area contributed by atoms with Gasteiger partial charge in [0.05, 0.1) is 0 Å². The molecule has 0 saturated heterocycles. The van der Waals surface area contributed by atoms with E-state index in [1.54, 1.807) is 0 Å². The van der Waals surface area contributed by atoms with Crippen LogP contribution < -0.4 is 4.90 Å². The first-order valence-electron chi connectivity index (χ1n) is 6.07. The highest BCUT2D eigenvalue weighted by atomic mass is 79.9. The zero-order chi connectivity index (χ0) is 13.8. The van der Waals surface area contributed by atoms with E-state index in [1.807, 2.05) is 25.2 Å². The Morgan fingerprint density at radius 3 is 2.68 bits per heavy atom. The van der Waals surface area contributed by atoms with Gasteiger partial charge in [0.25, 0.3) is 0 Å². The monoisotopic (exact) mass is 339 g/mol. The lowest BCUT2D eigenvalue weighted by Gasteiger charge is -2.21. The Balaban J connectivity index is 2.28. The van der Waals surface area contributed by atoms with Crippen LogP contribution in [0, 0.1) is 0 Å². The second-order valence-electron chi connectivity index (χ2n) is 4.27. The molecule has 1 aromatic carbocycles. The molecule has 19 heavy (non-hydrogen) atoms. The van der Waals surface area contributed by atoms with Crippen LogP contribution in [0.15, 0.2) is 35.1 Å². The van der Waals surface area contributed by atoms with Crippen LogP contribution in [-0.4, -0.2) is 17.0 Å². The zero-order valence-corrected chi connectivity index (χ0v) is 13.2. The molecule has 0 aliphatic rings. The quantitative estimate of drug-likeness (QED) is 0.785. The van der Waals surface area contributed by atoms with E-state index in [0.29, 0.717) is 5.15 Å². The molecular weight excluding hydrogens is 326 g/mol. The molecule has 0 saturated carbocycles. The van der Waals surface area contributed by atoms with Crippen molar-refractivity contribution >= 4 is 33.3 Å². The van der Waals surface area contributed by atoms with Gasteiger partial charge in [-0.15, -0.1) is 0 Å². The molecule has 0 atom stereocenters. The third kappa shape index (κ3) is 3.25. The van der Waals surface area contributed by atoms with Gasteiger partial charge in [-0.25, -0.2) is 9.97 Å². The number of halogens is 2. The van der Waals surface area contributed by atoms with Crippen LogP contribution >= 0.6 is 27.5 Å². The zero-order valence-electron chi connectivity index (χ0n) is 10.9. The molecule has 1 aromatic heterocycles. The standard InChI is InChI=1S/C14H15BrClN3/c1-3-11-13(16)17-9-18-14(11)19(2)8-10-6-4-5-7-12(10)15/h4-7,9H,3,8H2,1-2H3. The highest BCUT2D eigenvalue weighted by molar-refractivity contribution is 9.10. The molecule has 0 aliphatic carbocycles. The Kier molecular flexibility index (Phi) is 4.77. The van der Waals surface area contributed by atoms with Crippen LogP contribution in [-0.2, 0) is 13.0 Å². The van der Waals surface area contributed by atoms with Crippen LogP contribution in [0.2, 0.25) is 5.15 Å². The number of anilines is 1. The summed E-state index contributed by atoms with van der Waals surface area (Å²) in [4.78, 5) is 10.5. The fraction of sp³-hybridized carbons (Fsp3) is 0.286.